The average molecular weight is 503 g/mol. The number of methoxy groups -OCH3 is 4. The molecule has 188 valence electrons. The molecule has 4 aromatic carbocycles. The number of hydrogen-bond acceptors (Lipinski definition) is 5. The molecule has 0 saturated carbocycles. The molecule has 4 aromatic rings. The van der Waals surface area contributed by atoms with Gasteiger partial charge in [-0.05, 0) is 48.5 Å². The fraction of sp³-hybridized carbons (Fsp3) is 0.121. The van der Waals surface area contributed by atoms with Crippen LogP contribution in [0.5, 0.6) is 23.0 Å². The summed E-state index contributed by atoms with van der Waals surface area (Å²) in [4.78, 5) is 13.7. The lowest BCUT2D eigenvalue weighted by Crippen LogP contribution is -2.06. The van der Waals surface area contributed by atoms with E-state index in [1.54, 1.807) is 52.7 Å². The Morgan fingerprint density at radius 3 is 1.18 bits per heavy atom. The first-order valence-electron chi connectivity index (χ1n) is 11.8. The maximum atomic E-state index is 13.7. The fourth-order valence-electron chi connectivity index (χ4n) is 3.76. The van der Waals surface area contributed by atoms with E-state index in [0.717, 1.165) is 0 Å². The zero-order valence-corrected chi connectivity index (χ0v) is 21.6. The van der Waals surface area contributed by atoms with Crippen molar-refractivity contribution in [3.63, 3.8) is 0 Å². The van der Waals surface area contributed by atoms with Crippen molar-refractivity contribution in [3.8, 4) is 46.7 Å². The van der Waals surface area contributed by atoms with Gasteiger partial charge in [-0.1, -0.05) is 47.9 Å². The van der Waals surface area contributed by atoms with Gasteiger partial charge in [-0.25, -0.2) is 0 Å². The largest absolute Gasteiger partial charge is 0.497 e. The Balaban J connectivity index is 1.70. The van der Waals surface area contributed by atoms with Crippen molar-refractivity contribution in [2.24, 2.45) is 0 Å². The molecule has 0 atom stereocenters. The number of ether oxygens (including phenoxy) is 4. The summed E-state index contributed by atoms with van der Waals surface area (Å²) in [5.41, 5.74) is 3.63. The summed E-state index contributed by atoms with van der Waals surface area (Å²) in [6.07, 6.45) is 0. The molecule has 4 rings (SSSR count). The predicted octanol–water partition coefficient (Wildman–Crippen LogP) is 5.75. The highest BCUT2D eigenvalue weighted by Crippen LogP contribution is 2.24. The zero-order valence-electron chi connectivity index (χ0n) is 21.6. The van der Waals surface area contributed by atoms with E-state index in [0.29, 0.717) is 56.4 Å². The highest BCUT2D eigenvalue weighted by molar-refractivity contribution is 6.12. The first-order chi connectivity index (χ1) is 18.5. The molecule has 0 aromatic heterocycles. The fourth-order valence-corrected chi connectivity index (χ4v) is 3.76. The van der Waals surface area contributed by atoms with Crippen molar-refractivity contribution in [1.29, 1.82) is 0 Å². The minimum atomic E-state index is -0.161. The molecule has 0 heterocycles. The number of carbonyl (C=O) groups is 1. The summed E-state index contributed by atoms with van der Waals surface area (Å²) in [5, 5.41) is 0. The first kappa shape index (κ1) is 25.9. The predicted molar refractivity (Wildman–Crippen MR) is 147 cm³/mol. The van der Waals surface area contributed by atoms with E-state index >= 15 is 0 Å². The minimum Gasteiger partial charge on any atom is -0.497 e. The van der Waals surface area contributed by atoms with E-state index in [9.17, 15) is 4.79 Å². The molecule has 0 aliphatic heterocycles. The number of rotatable bonds is 6. The molecular formula is C33H26O5. The number of carbonyl (C=O) groups excluding carboxylic acids is 1. The third kappa shape index (κ3) is 6.16. The van der Waals surface area contributed by atoms with Gasteiger partial charge in [0.2, 0.25) is 0 Å². The summed E-state index contributed by atoms with van der Waals surface area (Å²) in [6.45, 7) is 0. The molecule has 5 nitrogen and oxygen atoms in total. The van der Waals surface area contributed by atoms with E-state index in [4.69, 9.17) is 18.9 Å². The van der Waals surface area contributed by atoms with Gasteiger partial charge >= 0.3 is 0 Å². The van der Waals surface area contributed by atoms with Gasteiger partial charge in [-0.3, -0.25) is 4.79 Å². The van der Waals surface area contributed by atoms with Crippen LogP contribution < -0.4 is 18.9 Å². The Kier molecular flexibility index (Phi) is 8.34. The quantitative estimate of drug-likeness (QED) is 0.248. The number of hydrogen-bond donors (Lipinski definition) is 0. The van der Waals surface area contributed by atoms with Crippen LogP contribution in [0, 0.1) is 23.7 Å². The minimum absolute atomic E-state index is 0.161. The Morgan fingerprint density at radius 1 is 0.500 bits per heavy atom. The van der Waals surface area contributed by atoms with Crippen LogP contribution >= 0.6 is 0 Å². The van der Waals surface area contributed by atoms with Crippen LogP contribution in [0.2, 0.25) is 0 Å². The van der Waals surface area contributed by atoms with Crippen LogP contribution in [0.1, 0.15) is 38.2 Å². The molecule has 0 spiro atoms. The van der Waals surface area contributed by atoms with Gasteiger partial charge in [0.05, 0.1) is 28.4 Å². The maximum absolute atomic E-state index is 13.7. The van der Waals surface area contributed by atoms with Gasteiger partial charge < -0.3 is 18.9 Å². The second-order valence-electron chi connectivity index (χ2n) is 8.12. The molecule has 0 aliphatic carbocycles. The standard InChI is InChI=1S/C33H26O5/c1-35-27-17-23(18-28(21-27)36-2)13-15-25-9-5-7-11-31(25)33(34)32-12-8-6-10-26(32)16-14-24-19-29(37-3)22-30(20-24)38-4/h5-12,17-22H,1-4H3. The zero-order chi connectivity index (χ0) is 26.9. The third-order valence-electron chi connectivity index (χ3n) is 5.73. The van der Waals surface area contributed by atoms with Crippen molar-refractivity contribution in [3.05, 3.63) is 118 Å². The van der Waals surface area contributed by atoms with E-state index in [2.05, 4.69) is 23.7 Å². The molecule has 0 bridgehead atoms. The van der Waals surface area contributed by atoms with Gasteiger partial charge in [0.25, 0.3) is 0 Å². The van der Waals surface area contributed by atoms with Crippen LogP contribution in [0.4, 0.5) is 0 Å². The monoisotopic (exact) mass is 502 g/mol. The first-order valence-corrected chi connectivity index (χ1v) is 11.8. The lowest BCUT2D eigenvalue weighted by molar-refractivity contribution is 0.103. The van der Waals surface area contributed by atoms with E-state index in [-0.39, 0.29) is 5.78 Å². The van der Waals surface area contributed by atoms with Gasteiger partial charge in [0, 0.05) is 45.5 Å². The number of benzene rings is 4. The smallest absolute Gasteiger partial charge is 0.195 e. The van der Waals surface area contributed by atoms with Gasteiger partial charge in [-0.2, -0.15) is 0 Å². The van der Waals surface area contributed by atoms with Crippen LogP contribution in [-0.2, 0) is 0 Å². The Morgan fingerprint density at radius 2 is 0.842 bits per heavy atom. The van der Waals surface area contributed by atoms with E-state index in [1.165, 1.54) is 0 Å². The molecular weight excluding hydrogens is 476 g/mol. The Labute approximate surface area is 223 Å². The van der Waals surface area contributed by atoms with Crippen molar-refractivity contribution < 1.29 is 23.7 Å². The summed E-state index contributed by atoms with van der Waals surface area (Å²) in [7, 11) is 6.35. The summed E-state index contributed by atoms with van der Waals surface area (Å²) >= 11 is 0. The van der Waals surface area contributed by atoms with Gasteiger partial charge in [0.15, 0.2) is 5.78 Å². The third-order valence-corrected chi connectivity index (χ3v) is 5.73. The van der Waals surface area contributed by atoms with Crippen LogP contribution in [-0.4, -0.2) is 34.2 Å². The van der Waals surface area contributed by atoms with Crippen molar-refractivity contribution in [1.82, 2.24) is 0 Å². The van der Waals surface area contributed by atoms with E-state index in [1.807, 2.05) is 60.7 Å². The Hall–Kier alpha value is -5.13. The van der Waals surface area contributed by atoms with Crippen molar-refractivity contribution in [2.75, 3.05) is 28.4 Å². The van der Waals surface area contributed by atoms with Gasteiger partial charge in [0.1, 0.15) is 23.0 Å². The second kappa shape index (κ2) is 12.2. The topological polar surface area (TPSA) is 54.0 Å². The molecule has 0 unspecified atom stereocenters. The number of ketones is 1. The molecule has 0 fully saturated rings. The molecule has 0 N–H and O–H groups in total. The van der Waals surface area contributed by atoms with Gasteiger partial charge in [-0.15, -0.1) is 0 Å². The highest BCUT2D eigenvalue weighted by Gasteiger charge is 2.15. The lowest BCUT2D eigenvalue weighted by atomic mass is 9.95. The summed E-state index contributed by atoms with van der Waals surface area (Å²) in [6, 6.07) is 25.4. The SMILES string of the molecule is COc1cc(C#Cc2ccccc2C(=O)c2ccccc2C#Cc2cc(OC)cc(OC)c2)cc(OC)c1. The van der Waals surface area contributed by atoms with Crippen molar-refractivity contribution >= 4 is 5.78 Å². The van der Waals surface area contributed by atoms with Crippen LogP contribution in [0.3, 0.4) is 0 Å². The van der Waals surface area contributed by atoms with Crippen LogP contribution in [0.25, 0.3) is 0 Å². The lowest BCUT2D eigenvalue weighted by Gasteiger charge is -2.07. The highest BCUT2D eigenvalue weighted by atomic mass is 16.5. The summed E-state index contributed by atoms with van der Waals surface area (Å²) in [5.74, 6) is 14.9. The second-order valence-corrected chi connectivity index (χ2v) is 8.12. The summed E-state index contributed by atoms with van der Waals surface area (Å²) < 4.78 is 21.3. The van der Waals surface area contributed by atoms with E-state index < -0.39 is 0 Å². The normalized spacial score (nSPS) is 9.79. The molecule has 5 heteroatoms. The molecule has 0 radical (unpaired) electrons. The Bertz CT molecular complexity index is 1430. The average Bonchev–Trinajstić information content (AvgIpc) is 2.98. The molecule has 38 heavy (non-hydrogen) atoms. The maximum Gasteiger partial charge on any atom is 0.195 e. The molecule has 0 amide bonds. The molecule has 0 aliphatic rings. The van der Waals surface area contributed by atoms with Crippen molar-refractivity contribution in [2.45, 2.75) is 0 Å². The molecule has 0 saturated heterocycles. The van der Waals surface area contributed by atoms with Crippen LogP contribution in [0.15, 0.2) is 84.9 Å².